The van der Waals surface area contributed by atoms with Gasteiger partial charge in [-0.05, 0) is 51.1 Å². The van der Waals surface area contributed by atoms with Crippen LogP contribution in [-0.2, 0) is 0 Å². The lowest BCUT2D eigenvalue weighted by molar-refractivity contribution is 1.45. The van der Waals surface area contributed by atoms with Crippen LogP contribution in [0.15, 0.2) is 54.1 Å². The molecule has 22 heavy (non-hydrogen) atoms. The van der Waals surface area contributed by atoms with E-state index in [2.05, 4.69) is 80.1 Å². The lowest BCUT2D eigenvalue weighted by atomic mass is 9.91. The summed E-state index contributed by atoms with van der Waals surface area (Å²) in [6.45, 7) is 2.17. The van der Waals surface area contributed by atoms with Crippen molar-refractivity contribution in [3.05, 3.63) is 82.8 Å². The number of hydrogen-bond acceptors (Lipinski definition) is 0. The summed E-state index contributed by atoms with van der Waals surface area (Å²) in [5.41, 5.74) is 9.35. The van der Waals surface area contributed by atoms with Crippen LogP contribution < -0.4 is 0 Å². The highest BCUT2D eigenvalue weighted by molar-refractivity contribution is 6.10. The van der Waals surface area contributed by atoms with E-state index >= 15 is 0 Å². The molecular weight excluding hydrogens is 264 g/mol. The summed E-state index contributed by atoms with van der Waals surface area (Å²) >= 11 is 0. The average molecular weight is 279 g/mol. The summed E-state index contributed by atoms with van der Waals surface area (Å²) in [6.07, 6.45) is 9.00. The van der Waals surface area contributed by atoms with E-state index in [1.807, 2.05) is 0 Å². The molecule has 3 aromatic rings. The Kier molecular flexibility index (Phi) is 2.29. The quantitative estimate of drug-likeness (QED) is 0.403. The molecule has 0 unspecified atom stereocenters. The molecule has 1 radical (unpaired) electrons. The van der Waals surface area contributed by atoms with Crippen molar-refractivity contribution in [2.24, 2.45) is 0 Å². The molecule has 2 aliphatic carbocycles. The van der Waals surface area contributed by atoms with Crippen LogP contribution in [0.3, 0.4) is 0 Å². The highest BCUT2D eigenvalue weighted by Gasteiger charge is 2.18. The molecule has 0 nitrogen and oxygen atoms in total. The van der Waals surface area contributed by atoms with E-state index in [0.717, 1.165) is 0 Å². The van der Waals surface area contributed by atoms with Crippen LogP contribution in [-0.4, -0.2) is 0 Å². The van der Waals surface area contributed by atoms with Gasteiger partial charge in [-0.15, -0.1) is 0 Å². The molecule has 0 saturated carbocycles. The smallest absolute Gasteiger partial charge is 0.0161 e. The van der Waals surface area contributed by atoms with Crippen LogP contribution in [0, 0.1) is 6.42 Å². The fourth-order valence-corrected chi connectivity index (χ4v) is 3.77. The molecule has 0 aliphatic heterocycles. The second-order valence-electron chi connectivity index (χ2n) is 6.15. The molecule has 0 heterocycles. The van der Waals surface area contributed by atoms with Crippen molar-refractivity contribution < 1.29 is 0 Å². The highest BCUT2D eigenvalue weighted by atomic mass is 14.2. The normalized spacial score (nSPS) is 14.5. The van der Waals surface area contributed by atoms with Crippen molar-refractivity contribution in [3.8, 4) is 11.1 Å². The molecule has 0 heteroatoms. The van der Waals surface area contributed by atoms with Gasteiger partial charge in [0.25, 0.3) is 0 Å². The zero-order chi connectivity index (χ0) is 14.7. The minimum absolute atomic E-state index is 1.33. The Hall–Kier alpha value is -2.60. The largest absolute Gasteiger partial charge is 0.0642 e. The van der Waals surface area contributed by atoms with Crippen molar-refractivity contribution in [3.63, 3.8) is 0 Å². The van der Waals surface area contributed by atoms with Gasteiger partial charge in [-0.2, -0.15) is 0 Å². The first-order chi connectivity index (χ1) is 10.8. The predicted octanol–water partition coefficient (Wildman–Crippen LogP) is 5.96. The molecule has 2 aliphatic rings. The molecule has 0 amide bonds. The molecule has 3 aromatic carbocycles. The standard InChI is InChI=1S/C22H15/c1-14-12-17-5-3-6-18(21(17)13-14)19-11-10-16-9-8-15-4-2-7-20(19)22(15)16/h2-13H,1H3. The van der Waals surface area contributed by atoms with Crippen LogP contribution in [0.2, 0.25) is 0 Å². The van der Waals surface area contributed by atoms with Gasteiger partial charge in [-0.3, -0.25) is 0 Å². The number of rotatable bonds is 1. The van der Waals surface area contributed by atoms with Crippen molar-refractivity contribution in [1.82, 2.24) is 0 Å². The van der Waals surface area contributed by atoms with E-state index in [-0.39, 0.29) is 0 Å². The molecule has 0 aromatic heterocycles. The maximum absolute atomic E-state index is 2.30. The van der Waals surface area contributed by atoms with Crippen LogP contribution in [0.1, 0.15) is 29.2 Å². The SMILES string of the molecule is CC1=Cc2c(cccc2-c2ccc3c4c(cccc24)C=C3)[CH]1. The van der Waals surface area contributed by atoms with Gasteiger partial charge in [-0.1, -0.05) is 72.3 Å². The van der Waals surface area contributed by atoms with Gasteiger partial charge in [0.1, 0.15) is 0 Å². The summed E-state index contributed by atoms with van der Waals surface area (Å²) in [4.78, 5) is 0. The van der Waals surface area contributed by atoms with Crippen LogP contribution in [0.4, 0.5) is 0 Å². The molecule has 0 N–H and O–H groups in total. The number of fused-ring (bicyclic) bond motifs is 1. The Bertz CT molecular complexity index is 988. The predicted molar refractivity (Wildman–Crippen MR) is 95.4 cm³/mol. The van der Waals surface area contributed by atoms with E-state index in [9.17, 15) is 0 Å². The molecule has 103 valence electrons. The first-order valence-corrected chi connectivity index (χ1v) is 7.71. The Morgan fingerprint density at radius 2 is 1.45 bits per heavy atom. The zero-order valence-corrected chi connectivity index (χ0v) is 12.4. The lowest BCUT2D eigenvalue weighted by Crippen LogP contribution is -1.89. The topological polar surface area (TPSA) is 0 Å². The first-order valence-electron chi connectivity index (χ1n) is 7.71. The lowest BCUT2D eigenvalue weighted by Gasteiger charge is -2.12. The Labute approximate surface area is 130 Å². The molecule has 0 atom stereocenters. The van der Waals surface area contributed by atoms with Crippen molar-refractivity contribution in [1.29, 1.82) is 0 Å². The van der Waals surface area contributed by atoms with Crippen molar-refractivity contribution >= 4 is 29.0 Å². The second-order valence-corrected chi connectivity index (χ2v) is 6.15. The third-order valence-corrected chi connectivity index (χ3v) is 4.73. The van der Waals surface area contributed by atoms with E-state index in [1.54, 1.807) is 0 Å². The third kappa shape index (κ3) is 1.52. The Morgan fingerprint density at radius 3 is 2.36 bits per heavy atom. The van der Waals surface area contributed by atoms with Crippen molar-refractivity contribution in [2.75, 3.05) is 0 Å². The molecule has 0 fully saturated rings. The van der Waals surface area contributed by atoms with Gasteiger partial charge in [0.15, 0.2) is 0 Å². The van der Waals surface area contributed by atoms with E-state index in [1.165, 1.54) is 49.7 Å². The van der Waals surface area contributed by atoms with Gasteiger partial charge in [0.05, 0.1) is 0 Å². The Balaban J connectivity index is 1.87. The molecular formula is C22H15. The average Bonchev–Trinajstić information content (AvgIpc) is 3.12. The summed E-state index contributed by atoms with van der Waals surface area (Å²) in [5.74, 6) is 0. The maximum Gasteiger partial charge on any atom is 0.0161 e. The van der Waals surface area contributed by atoms with Crippen LogP contribution >= 0.6 is 0 Å². The van der Waals surface area contributed by atoms with Crippen LogP contribution in [0.25, 0.3) is 40.1 Å². The van der Waals surface area contributed by atoms with Crippen molar-refractivity contribution in [2.45, 2.75) is 6.92 Å². The van der Waals surface area contributed by atoms with Gasteiger partial charge >= 0.3 is 0 Å². The number of hydrogen-bond donors (Lipinski definition) is 0. The maximum atomic E-state index is 2.30. The van der Waals surface area contributed by atoms with E-state index < -0.39 is 0 Å². The summed E-state index contributed by atoms with van der Waals surface area (Å²) in [5, 5.41) is 2.74. The minimum Gasteiger partial charge on any atom is -0.0642 e. The third-order valence-electron chi connectivity index (χ3n) is 4.73. The zero-order valence-electron chi connectivity index (χ0n) is 12.4. The monoisotopic (exact) mass is 279 g/mol. The van der Waals surface area contributed by atoms with Gasteiger partial charge in [-0.25, -0.2) is 0 Å². The highest BCUT2D eigenvalue weighted by Crippen LogP contribution is 2.41. The molecule has 0 bridgehead atoms. The fraction of sp³-hybridized carbons (Fsp3) is 0.0455. The minimum atomic E-state index is 1.33. The molecule has 5 rings (SSSR count). The van der Waals surface area contributed by atoms with Gasteiger partial charge in [0.2, 0.25) is 0 Å². The summed E-state index contributed by atoms with van der Waals surface area (Å²) in [6, 6.07) is 17.7. The molecule has 0 saturated heterocycles. The van der Waals surface area contributed by atoms with E-state index in [0.29, 0.717) is 0 Å². The Morgan fingerprint density at radius 1 is 0.682 bits per heavy atom. The summed E-state index contributed by atoms with van der Waals surface area (Å²) in [7, 11) is 0. The first kappa shape index (κ1) is 12.0. The van der Waals surface area contributed by atoms with Crippen LogP contribution in [0.5, 0.6) is 0 Å². The molecule has 0 spiro atoms. The number of benzene rings is 3. The van der Waals surface area contributed by atoms with Gasteiger partial charge < -0.3 is 0 Å². The van der Waals surface area contributed by atoms with Gasteiger partial charge in [0, 0.05) is 6.42 Å². The summed E-state index contributed by atoms with van der Waals surface area (Å²) < 4.78 is 0. The fourth-order valence-electron chi connectivity index (χ4n) is 3.77. The number of allylic oxidation sites excluding steroid dienone is 1. The van der Waals surface area contributed by atoms with E-state index in [4.69, 9.17) is 0 Å². The second kappa shape index (κ2) is 4.20.